The Morgan fingerprint density at radius 2 is 1.75 bits per heavy atom. The van der Waals surface area contributed by atoms with Crippen molar-refractivity contribution in [2.75, 3.05) is 0 Å². The summed E-state index contributed by atoms with van der Waals surface area (Å²) < 4.78 is 13.0. The number of ether oxygens (including phenoxy) is 2. The molecular weight excluding hydrogens is 356 g/mol. The molecule has 2 aromatic carbocycles. The smallest absolute Gasteiger partial charge is 0.352 e. The van der Waals surface area contributed by atoms with Crippen molar-refractivity contribution in [2.24, 2.45) is 0 Å². The predicted octanol–water partition coefficient (Wildman–Crippen LogP) is 3.76. The molecule has 4 rings (SSSR count). The number of hydrogen-bond donors (Lipinski definition) is 0. The Bertz CT molecular complexity index is 968. The molecule has 2 heterocycles. The van der Waals surface area contributed by atoms with Gasteiger partial charge in [0.05, 0.1) is 6.04 Å². The van der Waals surface area contributed by atoms with E-state index < -0.39 is 24.1 Å². The van der Waals surface area contributed by atoms with Crippen molar-refractivity contribution in [1.29, 1.82) is 0 Å². The molecule has 3 atom stereocenters. The van der Waals surface area contributed by atoms with Crippen molar-refractivity contribution in [3.05, 3.63) is 90.0 Å². The van der Waals surface area contributed by atoms with E-state index in [2.05, 4.69) is 4.98 Å². The highest BCUT2D eigenvalue weighted by molar-refractivity contribution is 5.80. The number of rotatable bonds is 5. The summed E-state index contributed by atoms with van der Waals surface area (Å²) in [5, 5.41) is 0. The van der Waals surface area contributed by atoms with E-state index in [1.807, 2.05) is 47.2 Å². The minimum Gasteiger partial charge on any atom is -0.451 e. The molecule has 0 spiro atoms. The maximum Gasteiger partial charge on any atom is 0.352 e. The van der Waals surface area contributed by atoms with Crippen LogP contribution in [-0.4, -0.2) is 21.5 Å². The van der Waals surface area contributed by atoms with Gasteiger partial charge in [0.1, 0.15) is 0 Å². The normalized spacial score (nSPS) is 18.9. The van der Waals surface area contributed by atoms with Gasteiger partial charge in [0.15, 0.2) is 11.9 Å². The van der Waals surface area contributed by atoms with Crippen molar-refractivity contribution >= 4 is 11.9 Å². The van der Waals surface area contributed by atoms with Crippen LogP contribution in [0.4, 0.5) is 0 Å². The first-order valence-electron chi connectivity index (χ1n) is 9.14. The van der Waals surface area contributed by atoms with Gasteiger partial charge in [-0.3, -0.25) is 4.79 Å². The summed E-state index contributed by atoms with van der Waals surface area (Å²) in [7, 11) is 0. The van der Waals surface area contributed by atoms with Gasteiger partial charge in [-0.2, -0.15) is 0 Å². The highest BCUT2D eigenvalue weighted by Crippen LogP contribution is 2.40. The van der Waals surface area contributed by atoms with Gasteiger partial charge in [0, 0.05) is 31.3 Å². The number of nitrogens with zero attached hydrogens (tertiary/aromatic N) is 2. The number of carbonyl (C=O) groups is 2. The van der Waals surface area contributed by atoms with E-state index in [4.69, 9.17) is 9.47 Å². The summed E-state index contributed by atoms with van der Waals surface area (Å²) in [6.45, 7) is 1.27. The number of carbonyl (C=O) groups excluding carboxylic acids is 2. The Morgan fingerprint density at radius 3 is 2.43 bits per heavy atom. The Balaban J connectivity index is 1.56. The van der Waals surface area contributed by atoms with Crippen LogP contribution in [0.25, 0.3) is 0 Å². The van der Waals surface area contributed by atoms with Crippen molar-refractivity contribution in [2.45, 2.75) is 31.6 Å². The molecule has 0 saturated heterocycles. The third kappa shape index (κ3) is 3.53. The van der Waals surface area contributed by atoms with Gasteiger partial charge in [-0.1, -0.05) is 60.7 Å². The van der Waals surface area contributed by atoms with Gasteiger partial charge in [0.2, 0.25) is 6.10 Å². The van der Waals surface area contributed by atoms with Crippen LogP contribution in [-0.2, 0) is 19.1 Å². The molecule has 1 aromatic heterocycles. The summed E-state index contributed by atoms with van der Waals surface area (Å²) in [5.41, 5.74) is 1.70. The highest BCUT2D eigenvalue weighted by atomic mass is 16.6. The molecule has 1 aliphatic rings. The molecule has 3 aromatic rings. The van der Waals surface area contributed by atoms with Crippen LogP contribution in [0, 0.1) is 0 Å². The van der Waals surface area contributed by atoms with E-state index in [1.165, 1.54) is 6.92 Å². The monoisotopic (exact) mass is 376 g/mol. The summed E-state index contributed by atoms with van der Waals surface area (Å²) in [6.07, 6.45) is 2.57. The Morgan fingerprint density at radius 1 is 1.07 bits per heavy atom. The molecule has 0 aliphatic carbocycles. The zero-order valence-corrected chi connectivity index (χ0v) is 15.4. The minimum absolute atomic E-state index is 0.0420. The quantitative estimate of drug-likeness (QED) is 0.634. The number of hydrogen-bond acceptors (Lipinski definition) is 5. The lowest BCUT2D eigenvalue weighted by atomic mass is 10.0. The second-order valence-corrected chi connectivity index (χ2v) is 6.68. The van der Waals surface area contributed by atoms with Gasteiger partial charge >= 0.3 is 11.9 Å². The second-order valence-electron chi connectivity index (χ2n) is 6.68. The molecule has 28 heavy (non-hydrogen) atoms. The maximum absolute atomic E-state index is 12.9. The lowest BCUT2D eigenvalue weighted by Crippen LogP contribution is -2.22. The predicted molar refractivity (Wildman–Crippen MR) is 101 cm³/mol. The molecule has 0 radical (unpaired) electrons. The molecule has 0 saturated carbocycles. The number of esters is 2. The van der Waals surface area contributed by atoms with Gasteiger partial charge in [-0.25, -0.2) is 9.78 Å². The molecule has 6 heteroatoms. The van der Waals surface area contributed by atoms with E-state index in [0.717, 1.165) is 5.56 Å². The molecule has 0 unspecified atom stereocenters. The van der Waals surface area contributed by atoms with Gasteiger partial charge in [-0.05, 0) is 5.56 Å². The fourth-order valence-electron chi connectivity index (χ4n) is 3.58. The van der Waals surface area contributed by atoms with Gasteiger partial charge in [-0.15, -0.1) is 0 Å². The van der Waals surface area contributed by atoms with Crippen LogP contribution < -0.4 is 0 Å². The van der Waals surface area contributed by atoms with Crippen molar-refractivity contribution < 1.29 is 19.1 Å². The lowest BCUT2D eigenvalue weighted by Gasteiger charge is -2.19. The number of fused-ring (bicyclic) bond motifs is 1. The third-order valence-electron chi connectivity index (χ3n) is 4.80. The second kappa shape index (κ2) is 7.68. The number of benzene rings is 2. The van der Waals surface area contributed by atoms with Gasteiger partial charge in [0.25, 0.3) is 0 Å². The summed E-state index contributed by atoms with van der Waals surface area (Å²) >= 11 is 0. The van der Waals surface area contributed by atoms with Crippen molar-refractivity contribution in [1.82, 2.24) is 9.55 Å². The molecule has 1 aliphatic heterocycles. The molecule has 0 N–H and O–H groups in total. The fourth-order valence-corrected chi connectivity index (χ4v) is 3.58. The summed E-state index contributed by atoms with van der Waals surface area (Å²) in [6, 6.07) is 18.9. The van der Waals surface area contributed by atoms with Crippen LogP contribution in [0.5, 0.6) is 0 Å². The van der Waals surface area contributed by atoms with E-state index >= 15 is 0 Å². The SMILES string of the molecule is CC(=O)O[C@H](C(=O)O[C@@H]1C[C@@H](c2ccccc2)n2ccnc21)c1ccccc1. The van der Waals surface area contributed by atoms with Crippen LogP contribution in [0.1, 0.15) is 48.5 Å². The molecule has 0 amide bonds. The molecule has 0 fully saturated rings. The average Bonchev–Trinajstić information content (AvgIpc) is 3.31. The van der Waals surface area contributed by atoms with Crippen molar-refractivity contribution in [3.63, 3.8) is 0 Å². The van der Waals surface area contributed by atoms with Crippen molar-refractivity contribution in [3.8, 4) is 0 Å². The molecule has 0 bridgehead atoms. The minimum atomic E-state index is -1.10. The van der Waals surface area contributed by atoms with Crippen LogP contribution in [0.15, 0.2) is 73.1 Å². The number of imidazole rings is 1. The zero-order valence-electron chi connectivity index (χ0n) is 15.4. The Labute approximate surface area is 162 Å². The summed E-state index contributed by atoms with van der Waals surface area (Å²) in [4.78, 5) is 28.8. The van der Waals surface area contributed by atoms with Crippen LogP contribution in [0.3, 0.4) is 0 Å². The molecule has 142 valence electrons. The molecule has 6 nitrogen and oxygen atoms in total. The lowest BCUT2D eigenvalue weighted by molar-refractivity contribution is -0.171. The Hall–Kier alpha value is -3.41. The first-order valence-corrected chi connectivity index (χ1v) is 9.14. The van der Waals surface area contributed by atoms with Gasteiger partial charge < -0.3 is 14.0 Å². The van der Waals surface area contributed by atoms with E-state index in [-0.39, 0.29) is 6.04 Å². The third-order valence-corrected chi connectivity index (χ3v) is 4.80. The topological polar surface area (TPSA) is 70.4 Å². The Kier molecular flexibility index (Phi) is 4.93. The number of aromatic nitrogens is 2. The molecular formula is C22H20N2O4. The van der Waals surface area contributed by atoms with E-state index in [9.17, 15) is 9.59 Å². The van der Waals surface area contributed by atoms with Crippen LogP contribution in [0.2, 0.25) is 0 Å². The maximum atomic E-state index is 12.9. The standard InChI is InChI=1S/C22H20N2O4/c1-15(25)27-20(17-10-6-3-7-11-17)22(26)28-19-14-18(16-8-4-2-5-9-16)24-13-12-23-21(19)24/h2-13,18-20H,14H2,1H3/t18-,19+,20-/m0/s1. The van der Waals surface area contributed by atoms with E-state index in [1.54, 1.807) is 30.5 Å². The fraction of sp³-hybridized carbons (Fsp3) is 0.227. The zero-order chi connectivity index (χ0) is 19.5. The largest absolute Gasteiger partial charge is 0.451 e. The average molecular weight is 376 g/mol. The van der Waals surface area contributed by atoms with E-state index in [0.29, 0.717) is 17.8 Å². The first-order chi connectivity index (χ1) is 13.6. The highest BCUT2D eigenvalue weighted by Gasteiger charge is 2.37. The summed E-state index contributed by atoms with van der Waals surface area (Å²) in [5.74, 6) is -0.451. The van der Waals surface area contributed by atoms with Crippen LogP contribution >= 0.6 is 0 Å². The first kappa shape index (κ1) is 18.0.